The molecule has 186 valence electrons. The summed E-state index contributed by atoms with van der Waals surface area (Å²) in [5, 5.41) is 12.4. The van der Waals surface area contributed by atoms with Crippen LogP contribution in [0.25, 0.3) is 5.52 Å². The summed E-state index contributed by atoms with van der Waals surface area (Å²) in [6.07, 6.45) is 6.51. The molecule has 4 aromatic rings. The summed E-state index contributed by atoms with van der Waals surface area (Å²) in [6.45, 7) is 3.68. The monoisotopic (exact) mass is 492 g/mol. The summed E-state index contributed by atoms with van der Waals surface area (Å²) in [5.41, 5.74) is 2.43. The standard InChI is InChI=1S/C26H26F2N6O2/c1-16-30-31-25(36-16)17-6-10-32(11-7-17)26(35)21-15-29-34-12-8-19(14-24(21)34)33-9-2-3-23(33)20-13-18(27)4-5-22(20)28/h4-5,8,12-15,17,23H,2-3,6-7,9-11H2,1H3/t23-/m1/s1. The predicted octanol–water partition coefficient (Wildman–Crippen LogP) is 4.67. The SMILES string of the molecule is Cc1nnc(C2CCN(C(=O)c3cnn4ccc(N5CCC[C@@H]5c5cc(F)ccc5F)cc34)CC2)o1. The molecule has 2 aliphatic heterocycles. The van der Waals surface area contributed by atoms with Gasteiger partial charge in [-0.2, -0.15) is 5.10 Å². The third kappa shape index (κ3) is 4.00. The second-order valence-electron chi connectivity index (χ2n) is 9.52. The quantitative estimate of drug-likeness (QED) is 0.412. The van der Waals surface area contributed by atoms with Gasteiger partial charge < -0.3 is 14.2 Å². The Kier molecular flexibility index (Phi) is 5.66. The molecule has 0 N–H and O–H groups in total. The highest BCUT2D eigenvalue weighted by Gasteiger charge is 2.31. The second kappa shape index (κ2) is 9.00. The van der Waals surface area contributed by atoms with Gasteiger partial charge in [0, 0.05) is 49.9 Å². The number of likely N-dealkylation sites (tertiary alicyclic amines) is 1. The van der Waals surface area contributed by atoms with Crippen LogP contribution < -0.4 is 4.90 Å². The zero-order valence-corrected chi connectivity index (χ0v) is 19.9. The summed E-state index contributed by atoms with van der Waals surface area (Å²) in [7, 11) is 0. The number of hydrogen-bond donors (Lipinski definition) is 0. The van der Waals surface area contributed by atoms with Crippen molar-refractivity contribution in [3.05, 3.63) is 77.3 Å². The van der Waals surface area contributed by atoms with Gasteiger partial charge in [-0.3, -0.25) is 4.79 Å². The number of fused-ring (bicyclic) bond motifs is 1. The van der Waals surface area contributed by atoms with Crippen molar-refractivity contribution in [2.24, 2.45) is 0 Å². The molecule has 0 unspecified atom stereocenters. The molecule has 0 spiro atoms. The second-order valence-corrected chi connectivity index (χ2v) is 9.52. The number of piperidine rings is 1. The van der Waals surface area contributed by atoms with Crippen molar-refractivity contribution in [1.82, 2.24) is 24.7 Å². The molecule has 0 saturated carbocycles. The molecule has 2 aliphatic rings. The summed E-state index contributed by atoms with van der Waals surface area (Å²) >= 11 is 0. The van der Waals surface area contributed by atoms with Crippen molar-refractivity contribution in [1.29, 1.82) is 0 Å². The summed E-state index contributed by atoms with van der Waals surface area (Å²) in [5.74, 6) is 0.405. The fourth-order valence-corrected chi connectivity index (χ4v) is 5.46. The number of pyridine rings is 1. The highest BCUT2D eigenvalue weighted by Crippen LogP contribution is 2.38. The molecular formula is C26H26F2N6O2. The number of carbonyl (C=O) groups is 1. The summed E-state index contributed by atoms with van der Waals surface area (Å²) in [4.78, 5) is 17.4. The van der Waals surface area contributed by atoms with E-state index in [1.807, 2.05) is 23.2 Å². The van der Waals surface area contributed by atoms with Crippen molar-refractivity contribution in [3.8, 4) is 0 Å². The topological polar surface area (TPSA) is 79.8 Å². The zero-order chi connectivity index (χ0) is 24.8. The Morgan fingerprint density at radius 3 is 2.67 bits per heavy atom. The Morgan fingerprint density at radius 2 is 1.89 bits per heavy atom. The molecule has 0 bridgehead atoms. The van der Waals surface area contributed by atoms with Crippen LogP contribution in [-0.2, 0) is 0 Å². The number of aromatic nitrogens is 4. The molecule has 10 heteroatoms. The smallest absolute Gasteiger partial charge is 0.257 e. The van der Waals surface area contributed by atoms with Gasteiger partial charge in [0.15, 0.2) is 0 Å². The highest BCUT2D eigenvalue weighted by atomic mass is 19.1. The van der Waals surface area contributed by atoms with Crippen LogP contribution >= 0.6 is 0 Å². The van der Waals surface area contributed by atoms with E-state index in [4.69, 9.17) is 4.42 Å². The molecule has 8 nitrogen and oxygen atoms in total. The van der Waals surface area contributed by atoms with Crippen LogP contribution in [0.1, 0.15) is 65.3 Å². The molecule has 36 heavy (non-hydrogen) atoms. The molecule has 1 amide bonds. The highest BCUT2D eigenvalue weighted by molar-refractivity contribution is 6.01. The van der Waals surface area contributed by atoms with Gasteiger partial charge in [0.2, 0.25) is 11.8 Å². The Balaban J connectivity index is 1.24. The van der Waals surface area contributed by atoms with Crippen molar-refractivity contribution in [2.45, 2.75) is 44.6 Å². The summed E-state index contributed by atoms with van der Waals surface area (Å²) < 4.78 is 35.7. The number of carbonyl (C=O) groups excluding carboxylic acids is 1. The van der Waals surface area contributed by atoms with Gasteiger partial charge in [0.05, 0.1) is 23.3 Å². The Morgan fingerprint density at radius 1 is 1.06 bits per heavy atom. The van der Waals surface area contributed by atoms with Gasteiger partial charge in [0.1, 0.15) is 11.6 Å². The van der Waals surface area contributed by atoms with Crippen LogP contribution in [0, 0.1) is 18.6 Å². The number of nitrogens with zero attached hydrogens (tertiary/aromatic N) is 6. The van der Waals surface area contributed by atoms with Crippen molar-refractivity contribution < 1.29 is 18.0 Å². The molecule has 6 rings (SSSR count). The molecular weight excluding hydrogens is 466 g/mol. The number of aryl methyl sites for hydroxylation is 1. The lowest BCUT2D eigenvalue weighted by Gasteiger charge is -2.30. The number of hydrogen-bond acceptors (Lipinski definition) is 6. The van der Waals surface area contributed by atoms with Gasteiger partial charge in [-0.1, -0.05) is 0 Å². The van der Waals surface area contributed by atoms with Crippen molar-refractivity contribution in [2.75, 3.05) is 24.5 Å². The van der Waals surface area contributed by atoms with E-state index in [2.05, 4.69) is 20.2 Å². The van der Waals surface area contributed by atoms with Gasteiger partial charge in [-0.15, -0.1) is 10.2 Å². The maximum Gasteiger partial charge on any atom is 0.257 e. The van der Waals surface area contributed by atoms with Crippen LogP contribution in [0.15, 0.2) is 47.1 Å². The largest absolute Gasteiger partial charge is 0.425 e. The van der Waals surface area contributed by atoms with E-state index < -0.39 is 11.6 Å². The number of halogens is 2. The summed E-state index contributed by atoms with van der Waals surface area (Å²) in [6, 6.07) is 7.16. The van der Waals surface area contributed by atoms with Gasteiger partial charge >= 0.3 is 0 Å². The molecule has 2 fully saturated rings. The first-order valence-corrected chi connectivity index (χ1v) is 12.3. The van der Waals surface area contributed by atoms with Gasteiger partial charge in [0.25, 0.3) is 5.91 Å². The first-order valence-electron chi connectivity index (χ1n) is 12.3. The molecule has 0 aliphatic carbocycles. The Hall–Kier alpha value is -3.82. The van der Waals surface area contributed by atoms with Crippen LogP contribution in [0.4, 0.5) is 14.5 Å². The lowest BCUT2D eigenvalue weighted by Crippen LogP contribution is -2.38. The number of anilines is 1. The van der Waals surface area contributed by atoms with E-state index in [0.29, 0.717) is 41.5 Å². The van der Waals surface area contributed by atoms with Crippen molar-refractivity contribution in [3.63, 3.8) is 0 Å². The van der Waals surface area contributed by atoms with E-state index in [9.17, 15) is 13.6 Å². The van der Waals surface area contributed by atoms with Crippen LogP contribution in [0.5, 0.6) is 0 Å². The normalized spacial score (nSPS) is 18.9. The molecule has 5 heterocycles. The first-order chi connectivity index (χ1) is 17.5. The number of amides is 1. The van der Waals surface area contributed by atoms with Crippen LogP contribution in [0.2, 0.25) is 0 Å². The van der Waals surface area contributed by atoms with E-state index in [0.717, 1.165) is 44.0 Å². The lowest BCUT2D eigenvalue weighted by molar-refractivity contribution is 0.0708. The predicted molar refractivity (Wildman–Crippen MR) is 128 cm³/mol. The number of rotatable bonds is 4. The van der Waals surface area contributed by atoms with Crippen molar-refractivity contribution >= 4 is 17.1 Å². The fourth-order valence-electron chi connectivity index (χ4n) is 5.46. The lowest BCUT2D eigenvalue weighted by atomic mass is 9.96. The van der Waals surface area contributed by atoms with E-state index in [1.165, 1.54) is 12.1 Å². The van der Waals surface area contributed by atoms with Gasteiger partial charge in [-0.25, -0.2) is 13.3 Å². The molecule has 2 saturated heterocycles. The van der Waals surface area contributed by atoms with E-state index >= 15 is 0 Å². The van der Waals surface area contributed by atoms with Crippen LogP contribution in [-0.4, -0.2) is 50.3 Å². The molecule has 0 radical (unpaired) electrons. The average molecular weight is 493 g/mol. The average Bonchev–Trinajstić information content (AvgIpc) is 3.64. The van der Waals surface area contributed by atoms with E-state index in [1.54, 1.807) is 17.6 Å². The zero-order valence-electron chi connectivity index (χ0n) is 19.9. The van der Waals surface area contributed by atoms with Gasteiger partial charge in [-0.05, 0) is 56.0 Å². The minimum atomic E-state index is -0.449. The molecule has 3 aromatic heterocycles. The third-order valence-corrected chi connectivity index (χ3v) is 7.31. The Bertz CT molecular complexity index is 1430. The minimum Gasteiger partial charge on any atom is -0.425 e. The maximum absolute atomic E-state index is 14.6. The van der Waals surface area contributed by atoms with Crippen LogP contribution in [0.3, 0.4) is 0 Å². The fraction of sp³-hybridized carbons (Fsp3) is 0.385. The molecule has 1 atom stereocenters. The maximum atomic E-state index is 14.6. The minimum absolute atomic E-state index is 0.0727. The van der Waals surface area contributed by atoms with E-state index in [-0.39, 0.29) is 17.9 Å². The third-order valence-electron chi connectivity index (χ3n) is 7.31. The Labute approximate surface area is 206 Å². The first kappa shape index (κ1) is 22.6. The molecule has 1 aromatic carbocycles. The number of benzene rings is 1.